The average molecular weight is 712 g/mol. The van der Waals surface area contributed by atoms with E-state index in [4.69, 9.17) is 41.4 Å². The Morgan fingerprint density at radius 3 is 2.48 bits per heavy atom. The fourth-order valence-corrected chi connectivity index (χ4v) is 5.91. The highest BCUT2D eigenvalue weighted by atomic mass is 35.5. The van der Waals surface area contributed by atoms with Gasteiger partial charge in [0.2, 0.25) is 5.95 Å². The maximum absolute atomic E-state index is 6.40. The summed E-state index contributed by atoms with van der Waals surface area (Å²) in [6.07, 6.45) is 14.6. The number of hydrogen-bond acceptors (Lipinski definition) is 10. The number of rotatable bonds is 14. The van der Waals surface area contributed by atoms with Gasteiger partial charge < -0.3 is 35.3 Å². The minimum Gasteiger partial charge on any atom is -0.487 e. The summed E-state index contributed by atoms with van der Waals surface area (Å²) in [5.41, 5.74) is 7.49. The molecule has 1 saturated carbocycles. The molecule has 274 valence electrons. The van der Waals surface area contributed by atoms with Gasteiger partial charge in [-0.25, -0.2) is 15.0 Å². The smallest absolute Gasteiger partial charge is 0.256 e. The molecule has 3 aromatic rings. The second kappa shape index (κ2) is 19.6. The van der Waals surface area contributed by atoms with Crippen molar-refractivity contribution < 1.29 is 18.9 Å². The second-order valence-corrected chi connectivity index (χ2v) is 14.1. The van der Waals surface area contributed by atoms with E-state index < -0.39 is 0 Å². The number of hydrogen-bond donors (Lipinski definition) is 3. The van der Waals surface area contributed by atoms with Gasteiger partial charge in [-0.15, -0.1) is 5.10 Å². The van der Waals surface area contributed by atoms with Crippen LogP contribution in [0.1, 0.15) is 72.8 Å². The molecule has 3 heterocycles. The molecule has 2 fully saturated rings. The second-order valence-electron chi connectivity index (χ2n) is 13.7. The lowest BCUT2D eigenvalue weighted by Gasteiger charge is -2.25. The van der Waals surface area contributed by atoms with Gasteiger partial charge in [0.1, 0.15) is 23.9 Å². The molecule has 13 nitrogen and oxygen atoms in total. The van der Waals surface area contributed by atoms with Crippen LogP contribution in [0.4, 0.5) is 11.6 Å². The lowest BCUT2D eigenvalue weighted by atomic mass is 9.96. The SMILES string of the molecule is CC1CNCC(C)O1.COCC(C)(C)COc1nn(C2CCCCC2)cc1Nc1ncc(-c2ccc(Cl)c(O[C@@H](C)CN=CN=CN)c2)cn1. The predicted molar refractivity (Wildman–Crippen MR) is 200 cm³/mol. The zero-order valence-corrected chi connectivity index (χ0v) is 31.0. The lowest BCUT2D eigenvalue weighted by molar-refractivity contribution is -0.0166. The number of nitrogens with two attached hydrogens (primary N) is 1. The Balaban J connectivity index is 0.000000616. The Labute approximate surface area is 301 Å². The first-order valence-electron chi connectivity index (χ1n) is 17.4. The van der Waals surface area contributed by atoms with Gasteiger partial charge in [-0.05, 0) is 51.3 Å². The molecule has 0 radical (unpaired) electrons. The van der Waals surface area contributed by atoms with E-state index in [0.717, 1.165) is 42.7 Å². The summed E-state index contributed by atoms with van der Waals surface area (Å²) in [4.78, 5) is 17.1. The molecular weight excluding hydrogens is 658 g/mol. The van der Waals surface area contributed by atoms with Crippen molar-refractivity contribution in [3.05, 3.63) is 41.8 Å². The van der Waals surface area contributed by atoms with E-state index in [1.165, 1.54) is 31.9 Å². The summed E-state index contributed by atoms with van der Waals surface area (Å²) in [7, 11) is 1.70. The van der Waals surface area contributed by atoms with Gasteiger partial charge in [-0.2, -0.15) is 0 Å². The third-order valence-corrected chi connectivity index (χ3v) is 8.51. The van der Waals surface area contributed by atoms with Crippen molar-refractivity contribution in [1.29, 1.82) is 0 Å². The molecule has 14 heteroatoms. The van der Waals surface area contributed by atoms with Gasteiger partial charge in [-0.3, -0.25) is 9.67 Å². The largest absolute Gasteiger partial charge is 0.487 e. The maximum Gasteiger partial charge on any atom is 0.256 e. The molecule has 5 rings (SSSR count). The molecule has 1 aliphatic carbocycles. The molecule has 3 atom stereocenters. The van der Waals surface area contributed by atoms with Crippen LogP contribution < -0.4 is 25.8 Å². The number of morpholine rings is 1. The van der Waals surface area contributed by atoms with Crippen molar-refractivity contribution in [2.75, 3.05) is 45.3 Å². The first kappa shape index (κ1) is 39.0. The van der Waals surface area contributed by atoms with Gasteiger partial charge in [-0.1, -0.05) is 50.8 Å². The summed E-state index contributed by atoms with van der Waals surface area (Å²) in [6.45, 7) is 13.7. The Morgan fingerprint density at radius 2 is 1.84 bits per heavy atom. The van der Waals surface area contributed by atoms with Crippen LogP contribution in [0.15, 0.2) is 46.8 Å². The minimum atomic E-state index is -0.212. The standard InChI is InChI=1S/C30H41ClN8O3.C6H13NO/c1-21(13-33-20-34-19-32)42-27-12-22(10-11-25(27)31)23-14-35-29(36-15-23)37-26-16-39(24-8-6-5-7-9-24)38-28(26)41-18-30(2,3)17-40-4;1-5-3-7-4-6(2)8-5/h10-12,14-16,19-21,24H,5-9,13,17-18H2,1-4H3,(H2,32,33,34)(H,35,36,37);5-7H,3-4H2,1-2H3/t21-;/m0./s1. The number of nitrogens with zero attached hydrogens (tertiary/aromatic N) is 6. The van der Waals surface area contributed by atoms with Gasteiger partial charge in [0.25, 0.3) is 5.88 Å². The van der Waals surface area contributed by atoms with Gasteiger partial charge >= 0.3 is 0 Å². The number of aromatic nitrogens is 4. The molecule has 2 unspecified atom stereocenters. The fourth-order valence-electron chi connectivity index (χ4n) is 5.75. The average Bonchev–Trinajstić information content (AvgIpc) is 3.50. The van der Waals surface area contributed by atoms with Crippen LogP contribution in [0.5, 0.6) is 11.6 Å². The van der Waals surface area contributed by atoms with E-state index in [1.54, 1.807) is 25.6 Å². The van der Waals surface area contributed by atoms with E-state index in [2.05, 4.69) is 58.3 Å². The van der Waals surface area contributed by atoms with Crippen LogP contribution >= 0.6 is 11.6 Å². The molecule has 1 saturated heterocycles. The van der Waals surface area contributed by atoms with Crippen LogP contribution in [0.3, 0.4) is 0 Å². The van der Waals surface area contributed by atoms with Crippen LogP contribution in [0, 0.1) is 5.41 Å². The zero-order chi connectivity index (χ0) is 35.9. The van der Waals surface area contributed by atoms with E-state index in [1.807, 2.05) is 29.9 Å². The number of methoxy groups -OCH3 is 1. The van der Waals surface area contributed by atoms with Crippen LogP contribution in [0.2, 0.25) is 5.02 Å². The minimum absolute atomic E-state index is 0.163. The Morgan fingerprint density at radius 1 is 1.12 bits per heavy atom. The third-order valence-electron chi connectivity index (χ3n) is 8.20. The van der Waals surface area contributed by atoms with E-state index >= 15 is 0 Å². The highest BCUT2D eigenvalue weighted by Crippen LogP contribution is 2.34. The van der Waals surface area contributed by atoms with Crippen LogP contribution in [0.25, 0.3) is 11.1 Å². The van der Waals surface area contributed by atoms with E-state index in [-0.39, 0.29) is 11.5 Å². The quantitative estimate of drug-likeness (QED) is 0.125. The van der Waals surface area contributed by atoms with Crippen molar-refractivity contribution in [3.63, 3.8) is 0 Å². The summed E-state index contributed by atoms with van der Waals surface area (Å²) >= 11 is 6.40. The van der Waals surface area contributed by atoms with Crippen molar-refractivity contribution in [1.82, 2.24) is 25.1 Å². The van der Waals surface area contributed by atoms with E-state index in [0.29, 0.717) is 60.6 Å². The molecule has 0 spiro atoms. The predicted octanol–water partition coefficient (Wildman–Crippen LogP) is 6.46. The maximum atomic E-state index is 6.40. The number of aliphatic imine (C=N–C) groups is 2. The Bertz CT molecular complexity index is 1500. The Hall–Kier alpha value is -3.78. The monoisotopic (exact) mass is 711 g/mol. The van der Waals surface area contributed by atoms with Crippen LogP contribution in [-0.2, 0) is 9.47 Å². The number of benzene rings is 1. The number of nitrogens with one attached hydrogen (secondary N) is 2. The molecule has 1 aliphatic heterocycles. The molecule has 2 aromatic heterocycles. The topological polar surface area (TPSA) is 155 Å². The molecule has 0 amide bonds. The summed E-state index contributed by atoms with van der Waals surface area (Å²) in [5, 5.41) is 11.9. The number of halogens is 1. The first-order chi connectivity index (χ1) is 24.1. The molecule has 4 N–H and O–H groups in total. The van der Waals surface area contributed by atoms with E-state index in [9.17, 15) is 0 Å². The highest BCUT2D eigenvalue weighted by molar-refractivity contribution is 6.32. The molecule has 50 heavy (non-hydrogen) atoms. The molecule has 0 bridgehead atoms. The lowest BCUT2D eigenvalue weighted by Crippen LogP contribution is -2.41. The first-order valence-corrected chi connectivity index (χ1v) is 17.8. The molecule has 1 aromatic carbocycles. The summed E-state index contributed by atoms with van der Waals surface area (Å²) in [5.74, 6) is 1.53. The zero-order valence-electron chi connectivity index (χ0n) is 30.3. The summed E-state index contributed by atoms with van der Waals surface area (Å²) in [6, 6.07) is 5.93. The molecule has 2 aliphatic rings. The highest BCUT2D eigenvalue weighted by Gasteiger charge is 2.24. The van der Waals surface area contributed by atoms with Gasteiger partial charge in [0.05, 0.1) is 55.6 Å². The van der Waals surface area contributed by atoms with Crippen molar-refractivity contribution in [3.8, 4) is 22.8 Å². The normalized spacial score (nSPS) is 19.3. The van der Waals surface area contributed by atoms with Gasteiger partial charge in [0.15, 0.2) is 0 Å². The number of anilines is 2. The van der Waals surface area contributed by atoms with Crippen molar-refractivity contribution in [2.24, 2.45) is 21.1 Å². The number of ether oxygens (including phenoxy) is 4. The summed E-state index contributed by atoms with van der Waals surface area (Å²) < 4.78 is 25.0. The third kappa shape index (κ3) is 12.5. The van der Waals surface area contributed by atoms with Crippen molar-refractivity contribution in [2.45, 2.75) is 91.1 Å². The molecular formula is C36H54ClN9O4. The van der Waals surface area contributed by atoms with Crippen molar-refractivity contribution >= 4 is 35.9 Å². The van der Waals surface area contributed by atoms with Crippen LogP contribution in [-0.4, -0.2) is 90.7 Å². The fraction of sp³-hybridized carbons (Fsp3) is 0.583. The Kier molecular flexibility index (Phi) is 15.3. The van der Waals surface area contributed by atoms with Gasteiger partial charge in [0, 0.05) is 43.6 Å².